The van der Waals surface area contributed by atoms with Crippen molar-refractivity contribution in [2.75, 3.05) is 27.4 Å². The maximum Gasteiger partial charge on any atom is 0.513 e. The van der Waals surface area contributed by atoms with Gasteiger partial charge < -0.3 is 24.3 Å². The Bertz CT molecular complexity index is 731. The lowest BCUT2D eigenvalue weighted by Gasteiger charge is -2.14. The highest BCUT2D eigenvalue weighted by Crippen LogP contribution is 2.30. The number of halogens is 3. The Hall–Kier alpha value is -3.17. The van der Waals surface area contributed by atoms with E-state index in [0.717, 1.165) is 6.26 Å². The van der Waals surface area contributed by atoms with Gasteiger partial charge in [-0.15, -0.1) is 0 Å². The zero-order valence-corrected chi connectivity index (χ0v) is 15.3. The van der Waals surface area contributed by atoms with Crippen molar-refractivity contribution in [2.45, 2.75) is 12.6 Å². The molecule has 0 bridgehead atoms. The summed E-state index contributed by atoms with van der Waals surface area (Å²) < 4.78 is 56.5. The van der Waals surface area contributed by atoms with Crippen LogP contribution in [0.5, 0.6) is 11.5 Å². The van der Waals surface area contributed by atoms with Crippen LogP contribution in [0.3, 0.4) is 0 Å². The van der Waals surface area contributed by atoms with E-state index in [0.29, 0.717) is 22.6 Å². The molecule has 0 heterocycles. The van der Waals surface area contributed by atoms with Gasteiger partial charge in [0.2, 0.25) is 0 Å². The first kappa shape index (κ1) is 22.9. The summed E-state index contributed by atoms with van der Waals surface area (Å²) in [6.45, 7) is 2.84. The van der Waals surface area contributed by atoms with Crippen molar-refractivity contribution < 1.29 is 41.7 Å². The highest BCUT2D eigenvalue weighted by atomic mass is 19.4. The molecular formula is C18H20F3NO6. The second kappa shape index (κ2) is 10.9. The SMILES string of the molecule is C=COC(=O)OC/C=C\c1c(CCNC(=O)C(F)(F)F)cc(OC)cc1OC. The van der Waals surface area contributed by atoms with Crippen LogP contribution in [0.25, 0.3) is 6.08 Å². The number of carbonyl (C=O) groups is 2. The minimum absolute atomic E-state index is 0.0778. The summed E-state index contributed by atoms with van der Waals surface area (Å²) in [7, 11) is 2.85. The average Bonchev–Trinajstić information content (AvgIpc) is 2.64. The number of alkyl halides is 3. The molecule has 0 aliphatic heterocycles. The first-order valence-corrected chi connectivity index (χ1v) is 7.93. The van der Waals surface area contributed by atoms with Crippen LogP contribution in [0.2, 0.25) is 0 Å². The summed E-state index contributed by atoms with van der Waals surface area (Å²) in [6, 6.07) is 3.19. The topological polar surface area (TPSA) is 83.1 Å². The molecule has 7 nitrogen and oxygen atoms in total. The van der Waals surface area contributed by atoms with E-state index in [-0.39, 0.29) is 19.6 Å². The predicted molar refractivity (Wildman–Crippen MR) is 94.0 cm³/mol. The molecule has 154 valence electrons. The number of benzene rings is 1. The molecule has 28 heavy (non-hydrogen) atoms. The van der Waals surface area contributed by atoms with Gasteiger partial charge in [0.25, 0.3) is 0 Å². The van der Waals surface area contributed by atoms with E-state index in [4.69, 9.17) is 14.2 Å². The van der Waals surface area contributed by atoms with E-state index in [1.54, 1.807) is 23.5 Å². The highest BCUT2D eigenvalue weighted by Gasteiger charge is 2.38. The number of carbonyl (C=O) groups excluding carboxylic acids is 2. The second-order valence-corrected chi connectivity index (χ2v) is 5.15. The number of rotatable bonds is 9. The zero-order chi connectivity index (χ0) is 21.2. The average molecular weight is 403 g/mol. The number of hydrogen-bond acceptors (Lipinski definition) is 6. The van der Waals surface area contributed by atoms with Gasteiger partial charge in [0.05, 0.1) is 20.5 Å². The van der Waals surface area contributed by atoms with Crippen molar-refractivity contribution in [3.05, 3.63) is 42.2 Å². The minimum atomic E-state index is -4.95. The Morgan fingerprint density at radius 2 is 1.93 bits per heavy atom. The lowest BCUT2D eigenvalue weighted by Crippen LogP contribution is -2.37. The molecule has 0 fully saturated rings. The molecule has 0 spiro atoms. The van der Waals surface area contributed by atoms with Crippen molar-refractivity contribution in [2.24, 2.45) is 0 Å². The van der Waals surface area contributed by atoms with Gasteiger partial charge in [-0.25, -0.2) is 4.79 Å². The van der Waals surface area contributed by atoms with Gasteiger partial charge in [-0.3, -0.25) is 4.79 Å². The Balaban J connectivity index is 2.94. The predicted octanol–water partition coefficient (Wildman–Crippen LogP) is 3.23. The van der Waals surface area contributed by atoms with Crippen molar-refractivity contribution in [1.82, 2.24) is 5.32 Å². The zero-order valence-electron chi connectivity index (χ0n) is 15.3. The van der Waals surface area contributed by atoms with Crippen LogP contribution in [0, 0.1) is 0 Å². The monoisotopic (exact) mass is 403 g/mol. The van der Waals surface area contributed by atoms with Gasteiger partial charge in [0.15, 0.2) is 0 Å². The summed E-state index contributed by atoms with van der Waals surface area (Å²) in [5.41, 5.74) is 1.09. The summed E-state index contributed by atoms with van der Waals surface area (Å²) in [5, 5.41) is 1.80. The van der Waals surface area contributed by atoms with E-state index in [9.17, 15) is 22.8 Å². The first-order valence-electron chi connectivity index (χ1n) is 7.93. The van der Waals surface area contributed by atoms with E-state index in [1.165, 1.54) is 20.3 Å². The number of ether oxygens (including phenoxy) is 4. The van der Waals surface area contributed by atoms with Crippen LogP contribution >= 0.6 is 0 Å². The molecule has 0 unspecified atom stereocenters. The van der Waals surface area contributed by atoms with Crippen molar-refractivity contribution in [3.8, 4) is 11.5 Å². The van der Waals surface area contributed by atoms with Crippen molar-refractivity contribution >= 4 is 18.1 Å². The van der Waals surface area contributed by atoms with Crippen LogP contribution < -0.4 is 14.8 Å². The molecule has 1 N–H and O–H groups in total. The quantitative estimate of drug-likeness (QED) is 0.504. The maximum atomic E-state index is 12.3. The van der Waals surface area contributed by atoms with Gasteiger partial charge >= 0.3 is 18.2 Å². The molecule has 0 aliphatic carbocycles. The Morgan fingerprint density at radius 3 is 2.50 bits per heavy atom. The van der Waals surface area contributed by atoms with Crippen LogP contribution in [-0.2, 0) is 20.7 Å². The van der Waals surface area contributed by atoms with E-state index >= 15 is 0 Å². The van der Waals surface area contributed by atoms with E-state index in [2.05, 4.69) is 11.3 Å². The highest BCUT2D eigenvalue weighted by molar-refractivity contribution is 5.81. The van der Waals surface area contributed by atoms with Crippen LogP contribution in [0.4, 0.5) is 18.0 Å². The van der Waals surface area contributed by atoms with Crippen LogP contribution in [-0.4, -0.2) is 45.6 Å². The van der Waals surface area contributed by atoms with Crippen molar-refractivity contribution in [1.29, 1.82) is 0 Å². The fourth-order valence-corrected chi connectivity index (χ4v) is 2.13. The van der Waals surface area contributed by atoms with Gasteiger partial charge in [-0.05, 0) is 24.1 Å². The number of amides is 1. The third-order valence-corrected chi connectivity index (χ3v) is 3.36. The molecule has 0 atom stereocenters. The third-order valence-electron chi connectivity index (χ3n) is 3.36. The van der Waals surface area contributed by atoms with Crippen molar-refractivity contribution in [3.63, 3.8) is 0 Å². The molecule has 0 radical (unpaired) electrons. The molecule has 1 amide bonds. The molecule has 0 aromatic heterocycles. The van der Waals surface area contributed by atoms with Gasteiger partial charge in [-0.2, -0.15) is 13.2 Å². The Morgan fingerprint density at radius 1 is 1.21 bits per heavy atom. The van der Waals surface area contributed by atoms with Gasteiger partial charge in [0, 0.05) is 18.2 Å². The molecule has 10 heteroatoms. The molecule has 1 rings (SSSR count). The summed E-state index contributed by atoms with van der Waals surface area (Å²) in [6.07, 6.45) is -1.82. The smallest absolute Gasteiger partial charge is 0.497 e. The number of hydrogen-bond donors (Lipinski definition) is 1. The van der Waals surface area contributed by atoms with Gasteiger partial charge in [0.1, 0.15) is 18.1 Å². The number of nitrogens with one attached hydrogen (secondary N) is 1. The standard InChI is InChI=1S/C18H20F3NO6/c1-4-27-17(24)28-9-5-6-14-12(7-8-22-16(23)18(19,20)21)10-13(25-2)11-15(14)26-3/h4-6,10-11H,1,7-9H2,2-3H3,(H,22,23)/b6-5-. The third kappa shape index (κ3) is 7.22. The minimum Gasteiger partial charge on any atom is -0.497 e. The van der Waals surface area contributed by atoms with Gasteiger partial charge in [-0.1, -0.05) is 12.7 Å². The number of methoxy groups -OCH3 is 2. The summed E-state index contributed by atoms with van der Waals surface area (Å²) >= 11 is 0. The molecule has 0 saturated heterocycles. The second-order valence-electron chi connectivity index (χ2n) is 5.15. The maximum absolute atomic E-state index is 12.3. The normalized spacial score (nSPS) is 11.0. The van der Waals surface area contributed by atoms with Crippen LogP contribution in [0.1, 0.15) is 11.1 Å². The fraction of sp³-hybridized carbons (Fsp3) is 0.333. The molecule has 0 saturated carbocycles. The fourth-order valence-electron chi connectivity index (χ4n) is 2.13. The molecular weight excluding hydrogens is 383 g/mol. The molecule has 1 aromatic rings. The lowest BCUT2D eigenvalue weighted by atomic mass is 10.0. The van der Waals surface area contributed by atoms with Crippen LogP contribution in [0.15, 0.2) is 31.0 Å². The largest absolute Gasteiger partial charge is 0.513 e. The lowest BCUT2D eigenvalue weighted by molar-refractivity contribution is -0.173. The Labute approximate surface area is 159 Å². The first-order chi connectivity index (χ1) is 13.2. The van der Waals surface area contributed by atoms with E-state index < -0.39 is 18.2 Å². The van der Waals surface area contributed by atoms with E-state index in [1.807, 2.05) is 0 Å². The Kier molecular flexibility index (Phi) is 8.86. The summed E-state index contributed by atoms with van der Waals surface area (Å²) in [5.74, 6) is -1.20. The molecule has 0 aliphatic rings. The molecule has 1 aromatic carbocycles. The summed E-state index contributed by atoms with van der Waals surface area (Å²) in [4.78, 5) is 22.0.